The number of thiocarbonyl (C=S) groups is 1. The van der Waals surface area contributed by atoms with Gasteiger partial charge in [0.25, 0.3) is 5.91 Å². The molecule has 1 saturated heterocycles. The Hall–Kier alpha value is -3.68. The lowest BCUT2D eigenvalue weighted by Crippen LogP contribution is -2.31. The molecule has 0 saturated carbocycles. The van der Waals surface area contributed by atoms with Crippen molar-refractivity contribution >= 4 is 35.0 Å². The molecule has 0 unspecified atom stereocenters. The summed E-state index contributed by atoms with van der Waals surface area (Å²) < 4.78 is 11.3. The maximum atomic E-state index is 13.2. The first kappa shape index (κ1) is 21.5. The highest BCUT2D eigenvalue weighted by Gasteiger charge is 2.36. The zero-order valence-corrected chi connectivity index (χ0v) is 18.3. The van der Waals surface area contributed by atoms with E-state index in [4.69, 9.17) is 26.8 Å². The summed E-state index contributed by atoms with van der Waals surface area (Å²) in [5.41, 5.74) is 1.92. The second-order valence-corrected chi connectivity index (χ2v) is 7.43. The predicted molar refractivity (Wildman–Crippen MR) is 128 cm³/mol. The van der Waals surface area contributed by atoms with E-state index in [2.05, 4.69) is 0 Å². The monoisotopic (exact) mass is 446 g/mol. The molecule has 0 spiro atoms. The minimum absolute atomic E-state index is 0.0645. The average molecular weight is 447 g/mol. The first-order valence-electron chi connectivity index (χ1n) is 10.1. The number of aliphatic hydroxyl groups excluding tert-OH is 1. The zero-order valence-electron chi connectivity index (χ0n) is 17.5. The highest BCUT2D eigenvalue weighted by atomic mass is 32.1. The van der Waals surface area contributed by atoms with Gasteiger partial charge in [0, 0.05) is 7.05 Å². The number of carbonyl (C=O) groups excluding carboxylic acids is 1. The molecule has 0 atom stereocenters. The first-order valence-corrected chi connectivity index (χ1v) is 10.5. The van der Waals surface area contributed by atoms with E-state index in [9.17, 15) is 4.79 Å². The van der Waals surface area contributed by atoms with Crippen molar-refractivity contribution in [2.24, 2.45) is 0 Å². The van der Waals surface area contributed by atoms with Crippen molar-refractivity contribution in [1.29, 1.82) is 0 Å². The van der Waals surface area contributed by atoms with Crippen LogP contribution in [0.2, 0.25) is 0 Å². The van der Waals surface area contributed by atoms with E-state index in [1.54, 1.807) is 24.1 Å². The van der Waals surface area contributed by atoms with Gasteiger partial charge in [-0.2, -0.15) is 0 Å². The zero-order chi connectivity index (χ0) is 22.5. The van der Waals surface area contributed by atoms with Crippen LogP contribution in [-0.4, -0.2) is 41.3 Å². The summed E-state index contributed by atoms with van der Waals surface area (Å²) >= 11 is 5.54. The van der Waals surface area contributed by atoms with Crippen LogP contribution >= 0.6 is 12.2 Å². The van der Waals surface area contributed by atoms with Crippen molar-refractivity contribution in [2.75, 3.05) is 25.2 Å². The van der Waals surface area contributed by atoms with E-state index in [0.29, 0.717) is 28.0 Å². The molecule has 3 aromatic carbocycles. The van der Waals surface area contributed by atoms with Crippen molar-refractivity contribution in [3.05, 3.63) is 90.1 Å². The number of benzene rings is 3. The molecule has 1 N–H and O–H groups in total. The van der Waals surface area contributed by atoms with Crippen LogP contribution in [0.15, 0.2) is 84.6 Å². The maximum absolute atomic E-state index is 13.2. The molecule has 6 nitrogen and oxygen atoms in total. The Morgan fingerprint density at radius 3 is 2.34 bits per heavy atom. The number of anilines is 1. The van der Waals surface area contributed by atoms with Crippen molar-refractivity contribution in [2.45, 2.75) is 0 Å². The standard InChI is InChI=1S/C25H22N2O4S/c1-26-23(17-18-6-5-9-22(16-18)30-15-14-28)24(29)27(25(26)32)19-10-12-21(13-11-19)31-20-7-3-2-4-8-20/h2-13,16-17,28H,14-15H2,1H3/b23-17+. The van der Waals surface area contributed by atoms with E-state index in [-0.39, 0.29) is 19.1 Å². The fourth-order valence-electron chi connectivity index (χ4n) is 3.29. The van der Waals surface area contributed by atoms with E-state index >= 15 is 0 Å². The molecule has 1 amide bonds. The Bertz CT molecular complexity index is 1150. The molecule has 1 fully saturated rings. The Morgan fingerprint density at radius 2 is 1.62 bits per heavy atom. The van der Waals surface area contributed by atoms with Crippen LogP contribution in [0.4, 0.5) is 5.69 Å². The molecule has 3 aromatic rings. The average Bonchev–Trinajstić information content (AvgIpc) is 3.02. The number of nitrogens with zero attached hydrogens (tertiary/aromatic N) is 2. The fraction of sp³-hybridized carbons (Fsp3) is 0.120. The third kappa shape index (κ3) is 4.64. The van der Waals surface area contributed by atoms with Crippen molar-refractivity contribution < 1.29 is 19.4 Å². The van der Waals surface area contributed by atoms with E-state index < -0.39 is 0 Å². The lowest BCUT2D eigenvalue weighted by Gasteiger charge is -2.17. The number of likely N-dealkylation sites (N-methyl/N-ethyl adjacent to an activating group) is 1. The lowest BCUT2D eigenvalue weighted by molar-refractivity contribution is -0.114. The minimum Gasteiger partial charge on any atom is -0.491 e. The normalized spacial score (nSPS) is 14.9. The van der Waals surface area contributed by atoms with Crippen LogP contribution in [0.5, 0.6) is 17.2 Å². The van der Waals surface area contributed by atoms with Gasteiger partial charge in [-0.15, -0.1) is 0 Å². The molecular formula is C25H22N2O4S. The van der Waals surface area contributed by atoms with Gasteiger partial charge in [0.15, 0.2) is 5.11 Å². The van der Waals surface area contributed by atoms with E-state index in [0.717, 1.165) is 11.3 Å². The molecule has 0 radical (unpaired) electrons. The first-order chi connectivity index (χ1) is 15.6. The molecule has 0 aromatic heterocycles. The number of hydrogen-bond donors (Lipinski definition) is 1. The fourth-order valence-corrected chi connectivity index (χ4v) is 3.57. The Balaban J connectivity index is 1.54. The molecular weight excluding hydrogens is 424 g/mol. The molecule has 1 aliphatic rings. The summed E-state index contributed by atoms with van der Waals surface area (Å²) in [5.74, 6) is 1.82. The van der Waals surface area contributed by atoms with Crippen molar-refractivity contribution in [3.8, 4) is 17.2 Å². The van der Waals surface area contributed by atoms with Crippen LogP contribution in [0, 0.1) is 0 Å². The van der Waals surface area contributed by atoms with Crippen LogP contribution in [0.1, 0.15) is 5.56 Å². The van der Waals surface area contributed by atoms with E-state index in [1.165, 1.54) is 4.90 Å². The van der Waals surface area contributed by atoms with Gasteiger partial charge in [-0.05, 0) is 72.4 Å². The maximum Gasteiger partial charge on any atom is 0.281 e. The molecule has 1 aliphatic heterocycles. The summed E-state index contributed by atoms with van der Waals surface area (Å²) in [4.78, 5) is 16.4. The molecule has 7 heteroatoms. The smallest absolute Gasteiger partial charge is 0.281 e. The van der Waals surface area contributed by atoms with Crippen molar-refractivity contribution in [3.63, 3.8) is 0 Å². The highest BCUT2D eigenvalue weighted by molar-refractivity contribution is 7.80. The largest absolute Gasteiger partial charge is 0.491 e. The summed E-state index contributed by atoms with van der Waals surface area (Å²) in [6, 6.07) is 24.0. The number of carbonyl (C=O) groups is 1. The van der Waals surface area contributed by atoms with Gasteiger partial charge in [0.05, 0.1) is 12.3 Å². The van der Waals surface area contributed by atoms with Crippen LogP contribution in [0.25, 0.3) is 6.08 Å². The van der Waals surface area contributed by atoms with Gasteiger partial charge >= 0.3 is 0 Å². The Morgan fingerprint density at radius 1 is 0.938 bits per heavy atom. The number of ether oxygens (including phenoxy) is 2. The molecule has 0 aliphatic carbocycles. The van der Waals surface area contributed by atoms with Gasteiger partial charge in [-0.3, -0.25) is 9.69 Å². The summed E-state index contributed by atoms with van der Waals surface area (Å²) in [7, 11) is 1.77. The molecule has 4 rings (SSSR count). The van der Waals surface area contributed by atoms with Crippen LogP contribution in [-0.2, 0) is 4.79 Å². The van der Waals surface area contributed by atoms with Crippen molar-refractivity contribution in [1.82, 2.24) is 4.90 Å². The number of para-hydroxylation sites is 1. The third-order valence-corrected chi connectivity index (χ3v) is 5.31. The molecule has 0 bridgehead atoms. The van der Waals surface area contributed by atoms with Crippen LogP contribution < -0.4 is 14.4 Å². The van der Waals surface area contributed by atoms with Gasteiger partial charge in [0.2, 0.25) is 0 Å². The molecule has 162 valence electrons. The third-order valence-electron chi connectivity index (χ3n) is 4.86. The van der Waals surface area contributed by atoms with Gasteiger partial charge in [-0.1, -0.05) is 30.3 Å². The molecule has 1 heterocycles. The Kier molecular flexibility index (Phi) is 6.49. The lowest BCUT2D eigenvalue weighted by atomic mass is 10.1. The summed E-state index contributed by atoms with van der Waals surface area (Å²) in [5, 5.41) is 9.33. The second kappa shape index (κ2) is 9.64. The topological polar surface area (TPSA) is 62.2 Å². The number of amides is 1. The second-order valence-electron chi connectivity index (χ2n) is 7.07. The molecule has 32 heavy (non-hydrogen) atoms. The minimum atomic E-state index is -0.212. The van der Waals surface area contributed by atoms with Gasteiger partial charge in [0.1, 0.15) is 29.6 Å². The highest BCUT2D eigenvalue weighted by Crippen LogP contribution is 2.30. The number of aliphatic hydroxyl groups is 1. The van der Waals surface area contributed by atoms with Gasteiger partial charge in [-0.25, -0.2) is 0 Å². The quantitative estimate of drug-likeness (QED) is 0.427. The number of hydrogen-bond acceptors (Lipinski definition) is 5. The summed E-state index contributed by atoms with van der Waals surface area (Å²) in [6.07, 6.45) is 1.77. The predicted octanol–water partition coefficient (Wildman–Crippen LogP) is 4.45. The van der Waals surface area contributed by atoms with E-state index in [1.807, 2.05) is 72.8 Å². The SMILES string of the molecule is CN1C(=S)N(c2ccc(Oc3ccccc3)cc2)C(=O)/C1=C\c1cccc(OCCO)c1. The van der Waals surface area contributed by atoms with Gasteiger partial charge < -0.3 is 19.5 Å². The summed E-state index contributed by atoms with van der Waals surface area (Å²) in [6.45, 7) is 0.144. The Labute approximate surface area is 191 Å². The van der Waals surface area contributed by atoms with Crippen LogP contribution in [0.3, 0.4) is 0 Å². The number of rotatable bonds is 7.